The lowest BCUT2D eigenvalue weighted by atomic mass is 10.1. The molecule has 0 saturated carbocycles. The number of benzene rings is 2. The number of furan rings is 1. The van der Waals surface area contributed by atoms with Crippen LogP contribution in [0.3, 0.4) is 0 Å². The minimum atomic E-state index is -0.623. The average molecular weight is 395 g/mol. The molecular weight excluding hydrogens is 366 g/mol. The summed E-state index contributed by atoms with van der Waals surface area (Å²) in [4.78, 5) is 2.17. The molecule has 1 unspecified atom stereocenters. The highest BCUT2D eigenvalue weighted by Crippen LogP contribution is 2.18. The Labute approximate surface area is 172 Å². The lowest BCUT2D eigenvalue weighted by molar-refractivity contribution is 0.0604. The van der Waals surface area contributed by atoms with Crippen LogP contribution in [0.2, 0.25) is 0 Å². The first-order valence-electron chi connectivity index (χ1n) is 9.93. The first-order chi connectivity index (χ1) is 14.2. The monoisotopic (exact) mass is 395 g/mol. The molecule has 5 heteroatoms. The van der Waals surface area contributed by atoms with Gasteiger partial charge in [0.05, 0.1) is 19.9 Å². The molecule has 0 spiro atoms. The van der Waals surface area contributed by atoms with Crippen molar-refractivity contribution in [3.8, 4) is 11.5 Å². The van der Waals surface area contributed by atoms with E-state index in [9.17, 15) is 5.11 Å². The highest BCUT2D eigenvalue weighted by Gasteiger charge is 2.15. The van der Waals surface area contributed by atoms with E-state index in [2.05, 4.69) is 36.1 Å². The Morgan fingerprint density at radius 3 is 2.24 bits per heavy atom. The van der Waals surface area contributed by atoms with Crippen LogP contribution in [-0.2, 0) is 19.5 Å². The van der Waals surface area contributed by atoms with E-state index in [0.717, 1.165) is 24.5 Å². The molecule has 0 radical (unpaired) electrons. The number of aliphatic hydroxyl groups excluding tert-OH is 1. The Hall–Kier alpha value is -2.76. The molecule has 0 saturated heterocycles. The van der Waals surface area contributed by atoms with Crippen LogP contribution in [0.25, 0.3) is 0 Å². The van der Waals surface area contributed by atoms with E-state index in [4.69, 9.17) is 13.9 Å². The minimum absolute atomic E-state index is 0.218. The molecule has 0 aliphatic heterocycles. The summed E-state index contributed by atoms with van der Waals surface area (Å²) in [5, 5.41) is 10.5. The minimum Gasteiger partial charge on any atom is -0.497 e. The summed E-state index contributed by atoms with van der Waals surface area (Å²) in [6.45, 7) is 4.20. The van der Waals surface area contributed by atoms with Gasteiger partial charge < -0.3 is 19.0 Å². The summed E-state index contributed by atoms with van der Waals surface area (Å²) in [5.41, 5.74) is 2.52. The number of ether oxygens (including phenoxy) is 2. The maximum Gasteiger partial charge on any atom is 0.119 e. The van der Waals surface area contributed by atoms with E-state index in [1.165, 1.54) is 11.1 Å². The van der Waals surface area contributed by atoms with Gasteiger partial charge in [-0.3, -0.25) is 4.90 Å². The summed E-state index contributed by atoms with van der Waals surface area (Å²) in [5.74, 6) is 2.35. The van der Waals surface area contributed by atoms with E-state index in [1.807, 2.05) is 36.4 Å². The first-order valence-corrected chi connectivity index (χ1v) is 9.93. The second kappa shape index (κ2) is 10.7. The highest BCUT2D eigenvalue weighted by atomic mass is 16.5. The fourth-order valence-corrected chi connectivity index (χ4v) is 3.16. The number of hydrogen-bond donors (Lipinski definition) is 1. The molecule has 29 heavy (non-hydrogen) atoms. The number of rotatable bonds is 11. The molecule has 2 aromatic carbocycles. The normalized spacial score (nSPS) is 12.1. The van der Waals surface area contributed by atoms with E-state index < -0.39 is 6.10 Å². The van der Waals surface area contributed by atoms with Crippen LogP contribution in [0, 0.1) is 0 Å². The van der Waals surface area contributed by atoms with Crippen molar-refractivity contribution in [1.82, 2.24) is 4.90 Å². The van der Waals surface area contributed by atoms with Gasteiger partial charge in [0, 0.05) is 13.1 Å². The number of nitrogens with zero attached hydrogens (tertiary/aromatic N) is 1. The molecule has 5 nitrogen and oxygen atoms in total. The van der Waals surface area contributed by atoms with Crippen molar-refractivity contribution in [3.05, 3.63) is 83.8 Å². The van der Waals surface area contributed by atoms with Gasteiger partial charge in [-0.2, -0.15) is 0 Å². The van der Waals surface area contributed by atoms with E-state index in [0.29, 0.717) is 18.8 Å². The van der Waals surface area contributed by atoms with E-state index >= 15 is 0 Å². The Kier molecular flexibility index (Phi) is 7.73. The zero-order valence-corrected chi connectivity index (χ0v) is 17.1. The van der Waals surface area contributed by atoms with Crippen molar-refractivity contribution in [3.63, 3.8) is 0 Å². The van der Waals surface area contributed by atoms with Crippen molar-refractivity contribution in [2.24, 2.45) is 0 Å². The molecule has 154 valence electrons. The van der Waals surface area contributed by atoms with Gasteiger partial charge in [-0.1, -0.05) is 31.2 Å². The highest BCUT2D eigenvalue weighted by molar-refractivity contribution is 5.31. The van der Waals surface area contributed by atoms with Crippen molar-refractivity contribution in [1.29, 1.82) is 0 Å². The van der Waals surface area contributed by atoms with Crippen LogP contribution < -0.4 is 9.47 Å². The van der Waals surface area contributed by atoms with Gasteiger partial charge in [0.2, 0.25) is 0 Å². The molecule has 1 atom stereocenters. The SMILES string of the molecule is CCc1ccc(CN(Cc2ccco2)CC(O)COc2ccc(OC)cc2)cc1. The van der Waals surface area contributed by atoms with Gasteiger partial charge in [-0.05, 0) is 53.9 Å². The van der Waals surface area contributed by atoms with Crippen LogP contribution in [0.1, 0.15) is 23.8 Å². The molecule has 1 aromatic heterocycles. The van der Waals surface area contributed by atoms with E-state index in [-0.39, 0.29) is 6.61 Å². The van der Waals surface area contributed by atoms with Crippen LogP contribution in [0.15, 0.2) is 71.3 Å². The average Bonchev–Trinajstić information content (AvgIpc) is 3.26. The van der Waals surface area contributed by atoms with Crippen LogP contribution in [0.4, 0.5) is 0 Å². The predicted molar refractivity (Wildman–Crippen MR) is 113 cm³/mol. The fraction of sp³-hybridized carbons (Fsp3) is 0.333. The maximum atomic E-state index is 10.5. The van der Waals surface area contributed by atoms with Gasteiger partial charge >= 0.3 is 0 Å². The zero-order chi connectivity index (χ0) is 20.5. The molecular formula is C24H29NO4. The fourth-order valence-electron chi connectivity index (χ4n) is 3.16. The number of aliphatic hydroxyl groups is 1. The smallest absolute Gasteiger partial charge is 0.119 e. The third kappa shape index (κ3) is 6.66. The molecule has 0 aliphatic rings. The zero-order valence-electron chi connectivity index (χ0n) is 17.1. The second-order valence-electron chi connectivity index (χ2n) is 7.06. The molecule has 3 aromatic rings. The standard InChI is InChI=1S/C24H29NO4/c1-3-19-6-8-20(9-7-19)15-25(17-24-5-4-14-28-24)16-21(26)18-29-23-12-10-22(27-2)11-13-23/h4-14,21,26H,3,15-18H2,1-2H3. The molecule has 0 bridgehead atoms. The van der Waals surface area contributed by atoms with Crippen molar-refractivity contribution in [2.45, 2.75) is 32.5 Å². The third-order valence-electron chi connectivity index (χ3n) is 4.77. The molecule has 1 heterocycles. The molecule has 0 amide bonds. The Morgan fingerprint density at radius 2 is 1.62 bits per heavy atom. The third-order valence-corrected chi connectivity index (χ3v) is 4.77. The van der Waals surface area contributed by atoms with Crippen molar-refractivity contribution in [2.75, 3.05) is 20.3 Å². The quantitative estimate of drug-likeness (QED) is 0.525. The summed E-state index contributed by atoms with van der Waals surface area (Å²) >= 11 is 0. The Morgan fingerprint density at radius 1 is 0.931 bits per heavy atom. The maximum absolute atomic E-state index is 10.5. The topological polar surface area (TPSA) is 55.1 Å². The molecule has 1 N–H and O–H groups in total. The lowest BCUT2D eigenvalue weighted by Gasteiger charge is -2.24. The summed E-state index contributed by atoms with van der Waals surface area (Å²) in [6.07, 6.45) is 2.08. The van der Waals surface area contributed by atoms with Gasteiger partial charge in [0.15, 0.2) is 0 Å². The second-order valence-corrected chi connectivity index (χ2v) is 7.06. The van der Waals surface area contributed by atoms with Gasteiger partial charge in [0.25, 0.3) is 0 Å². The Bertz CT molecular complexity index is 828. The van der Waals surface area contributed by atoms with Crippen LogP contribution in [0.5, 0.6) is 11.5 Å². The van der Waals surface area contributed by atoms with Crippen LogP contribution in [-0.4, -0.2) is 36.4 Å². The lowest BCUT2D eigenvalue weighted by Crippen LogP contribution is -2.35. The summed E-state index contributed by atoms with van der Waals surface area (Å²) in [6, 6.07) is 19.8. The predicted octanol–water partition coefficient (Wildman–Crippen LogP) is 4.29. The molecule has 0 fully saturated rings. The number of hydrogen-bond acceptors (Lipinski definition) is 5. The van der Waals surface area contributed by atoms with Crippen LogP contribution >= 0.6 is 0 Å². The molecule has 0 aliphatic carbocycles. The first kappa shape index (κ1) is 21.0. The Balaban J connectivity index is 1.58. The van der Waals surface area contributed by atoms with Gasteiger partial charge in [-0.25, -0.2) is 0 Å². The summed E-state index contributed by atoms with van der Waals surface area (Å²) < 4.78 is 16.4. The van der Waals surface area contributed by atoms with E-state index in [1.54, 1.807) is 13.4 Å². The van der Waals surface area contributed by atoms with Crippen molar-refractivity contribution >= 4 is 0 Å². The summed E-state index contributed by atoms with van der Waals surface area (Å²) in [7, 11) is 1.63. The van der Waals surface area contributed by atoms with Gasteiger partial charge in [-0.15, -0.1) is 0 Å². The number of aryl methyl sites for hydroxylation is 1. The van der Waals surface area contributed by atoms with Gasteiger partial charge in [0.1, 0.15) is 30.0 Å². The largest absolute Gasteiger partial charge is 0.497 e. The molecule has 3 rings (SSSR count). The number of methoxy groups -OCH3 is 1. The van der Waals surface area contributed by atoms with Crippen molar-refractivity contribution < 1.29 is 19.0 Å².